The van der Waals surface area contributed by atoms with Crippen LogP contribution in [0.3, 0.4) is 0 Å². The fourth-order valence-corrected chi connectivity index (χ4v) is 4.09. The SMILES string of the molecule is CCCn1ncc(C(=O)Nc2ccc3c(c2)nc(CN2CCCCC2)n3C)c1C. The number of amides is 1. The zero-order valence-electron chi connectivity index (χ0n) is 17.6. The second-order valence-electron chi connectivity index (χ2n) is 7.95. The van der Waals surface area contributed by atoms with Crippen LogP contribution in [0.2, 0.25) is 0 Å². The fourth-order valence-electron chi connectivity index (χ4n) is 4.09. The minimum absolute atomic E-state index is 0.131. The molecule has 1 N–H and O–H groups in total. The first-order valence-corrected chi connectivity index (χ1v) is 10.6. The summed E-state index contributed by atoms with van der Waals surface area (Å²) in [4.78, 5) is 20.0. The van der Waals surface area contributed by atoms with Crippen LogP contribution in [0.15, 0.2) is 24.4 Å². The number of imidazole rings is 1. The molecule has 7 heteroatoms. The third kappa shape index (κ3) is 4.05. The molecule has 0 atom stereocenters. The van der Waals surface area contributed by atoms with Crippen molar-refractivity contribution in [1.29, 1.82) is 0 Å². The molecular formula is C22H30N6O. The van der Waals surface area contributed by atoms with Gasteiger partial charge in [0.05, 0.1) is 29.3 Å². The molecule has 3 aromatic rings. The number of likely N-dealkylation sites (tertiary alicyclic amines) is 1. The van der Waals surface area contributed by atoms with Crippen LogP contribution in [0, 0.1) is 6.92 Å². The van der Waals surface area contributed by atoms with Crippen LogP contribution in [-0.4, -0.2) is 43.2 Å². The molecule has 154 valence electrons. The van der Waals surface area contributed by atoms with Gasteiger partial charge in [0.2, 0.25) is 0 Å². The second kappa shape index (κ2) is 8.37. The standard InChI is InChI=1S/C22H30N6O/c1-4-10-28-16(2)18(14-23-28)22(29)24-17-8-9-20-19(13-17)25-21(26(20)3)15-27-11-6-5-7-12-27/h8-9,13-14H,4-7,10-12,15H2,1-3H3,(H,24,29). The van der Waals surface area contributed by atoms with Crippen molar-refractivity contribution in [1.82, 2.24) is 24.2 Å². The lowest BCUT2D eigenvalue weighted by atomic mass is 10.1. The number of hydrogen-bond acceptors (Lipinski definition) is 4. The van der Waals surface area contributed by atoms with Gasteiger partial charge in [0.1, 0.15) is 5.82 Å². The summed E-state index contributed by atoms with van der Waals surface area (Å²) in [7, 11) is 2.07. The molecule has 1 saturated heterocycles. The van der Waals surface area contributed by atoms with Gasteiger partial charge >= 0.3 is 0 Å². The normalized spacial score (nSPS) is 15.1. The zero-order chi connectivity index (χ0) is 20.4. The molecule has 2 aromatic heterocycles. The molecule has 1 fully saturated rings. The largest absolute Gasteiger partial charge is 0.330 e. The van der Waals surface area contributed by atoms with Crippen molar-refractivity contribution in [3.8, 4) is 0 Å². The number of nitrogens with zero attached hydrogens (tertiary/aromatic N) is 5. The van der Waals surface area contributed by atoms with Crippen molar-refractivity contribution in [2.24, 2.45) is 7.05 Å². The summed E-state index contributed by atoms with van der Waals surface area (Å²) >= 11 is 0. The fraction of sp³-hybridized carbons (Fsp3) is 0.500. The average molecular weight is 395 g/mol. The molecule has 0 unspecified atom stereocenters. The Bertz CT molecular complexity index is 1010. The third-order valence-corrected chi connectivity index (χ3v) is 5.83. The van der Waals surface area contributed by atoms with Crippen molar-refractivity contribution in [2.75, 3.05) is 18.4 Å². The molecular weight excluding hydrogens is 364 g/mol. The maximum absolute atomic E-state index is 12.7. The Kier molecular flexibility index (Phi) is 5.67. The molecule has 4 rings (SSSR count). The number of fused-ring (bicyclic) bond motifs is 1. The number of carbonyl (C=O) groups is 1. The predicted molar refractivity (Wildman–Crippen MR) is 115 cm³/mol. The van der Waals surface area contributed by atoms with Crippen LogP contribution in [0.4, 0.5) is 5.69 Å². The Balaban J connectivity index is 1.52. The van der Waals surface area contributed by atoms with Crippen LogP contribution in [0.5, 0.6) is 0 Å². The zero-order valence-corrected chi connectivity index (χ0v) is 17.6. The smallest absolute Gasteiger partial charge is 0.259 e. The van der Waals surface area contributed by atoms with Gasteiger partial charge in [0.25, 0.3) is 5.91 Å². The van der Waals surface area contributed by atoms with Gasteiger partial charge < -0.3 is 9.88 Å². The average Bonchev–Trinajstić information content (AvgIpc) is 3.23. The van der Waals surface area contributed by atoms with Crippen molar-refractivity contribution in [2.45, 2.75) is 52.6 Å². The molecule has 0 aliphatic carbocycles. The van der Waals surface area contributed by atoms with E-state index in [1.54, 1.807) is 6.20 Å². The lowest BCUT2D eigenvalue weighted by Crippen LogP contribution is -2.30. The van der Waals surface area contributed by atoms with E-state index in [2.05, 4.69) is 33.9 Å². The Hall–Kier alpha value is -2.67. The lowest BCUT2D eigenvalue weighted by Gasteiger charge is -2.25. The summed E-state index contributed by atoms with van der Waals surface area (Å²) in [5, 5.41) is 7.33. The highest BCUT2D eigenvalue weighted by Crippen LogP contribution is 2.22. The van der Waals surface area contributed by atoms with Crippen molar-refractivity contribution in [3.63, 3.8) is 0 Å². The lowest BCUT2D eigenvalue weighted by molar-refractivity contribution is 0.102. The van der Waals surface area contributed by atoms with E-state index in [0.29, 0.717) is 5.56 Å². The van der Waals surface area contributed by atoms with E-state index in [1.165, 1.54) is 19.3 Å². The van der Waals surface area contributed by atoms with Gasteiger partial charge in [-0.05, 0) is 57.5 Å². The van der Waals surface area contributed by atoms with E-state index in [-0.39, 0.29) is 5.91 Å². The number of carbonyl (C=O) groups excluding carboxylic acids is 1. The summed E-state index contributed by atoms with van der Waals surface area (Å²) in [6.07, 6.45) is 6.51. The third-order valence-electron chi connectivity index (χ3n) is 5.83. The number of aromatic nitrogens is 4. The molecule has 29 heavy (non-hydrogen) atoms. The van der Waals surface area contributed by atoms with Gasteiger partial charge in [-0.15, -0.1) is 0 Å². The molecule has 7 nitrogen and oxygen atoms in total. The van der Waals surface area contributed by atoms with Gasteiger partial charge in [-0.2, -0.15) is 5.10 Å². The molecule has 3 heterocycles. The van der Waals surface area contributed by atoms with Gasteiger partial charge in [-0.25, -0.2) is 4.98 Å². The van der Waals surface area contributed by atoms with Gasteiger partial charge in [0.15, 0.2) is 0 Å². The van der Waals surface area contributed by atoms with Crippen LogP contribution in [-0.2, 0) is 20.1 Å². The quantitative estimate of drug-likeness (QED) is 0.692. The van der Waals surface area contributed by atoms with E-state index in [1.807, 2.05) is 29.8 Å². The van der Waals surface area contributed by atoms with Gasteiger partial charge in [-0.3, -0.25) is 14.4 Å². The second-order valence-corrected chi connectivity index (χ2v) is 7.95. The number of benzene rings is 1. The molecule has 0 spiro atoms. The van der Waals surface area contributed by atoms with Gasteiger partial charge in [0, 0.05) is 25.0 Å². The first-order chi connectivity index (χ1) is 14.1. The molecule has 0 radical (unpaired) electrons. The maximum atomic E-state index is 12.7. The summed E-state index contributed by atoms with van der Waals surface area (Å²) in [6.45, 7) is 8.03. The Morgan fingerprint density at radius 2 is 2.00 bits per heavy atom. The molecule has 1 aliphatic heterocycles. The highest BCUT2D eigenvalue weighted by atomic mass is 16.1. The molecule has 1 amide bonds. The number of hydrogen-bond donors (Lipinski definition) is 1. The summed E-state index contributed by atoms with van der Waals surface area (Å²) < 4.78 is 4.04. The first kappa shape index (κ1) is 19.6. The molecule has 0 bridgehead atoms. The summed E-state index contributed by atoms with van der Waals surface area (Å²) in [5.74, 6) is 0.940. The van der Waals surface area contributed by atoms with Crippen LogP contribution >= 0.6 is 0 Å². The number of aryl methyl sites for hydroxylation is 2. The number of nitrogens with one attached hydrogen (secondary N) is 1. The first-order valence-electron chi connectivity index (χ1n) is 10.6. The van der Waals surface area contributed by atoms with E-state index < -0.39 is 0 Å². The highest BCUT2D eigenvalue weighted by Gasteiger charge is 2.17. The Labute approximate surface area is 171 Å². The number of anilines is 1. The van der Waals surface area contributed by atoms with E-state index in [9.17, 15) is 4.79 Å². The maximum Gasteiger partial charge on any atom is 0.259 e. The van der Waals surface area contributed by atoms with E-state index in [0.717, 1.165) is 60.8 Å². The van der Waals surface area contributed by atoms with Crippen molar-refractivity contribution < 1.29 is 4.79 Å². The van der Waals surface area contributed by atoms with E-state index >= 15 is 0 Å². The summed E-state index contributed by atoms with van der Waals surface area (Å²) in [5.41, 5.74) is 4.27. The Morgan fingerprint density at radius 3 is 2.76 bits per heavy atom. The van der Waals surface area contributed by atoms with Crippen LogP contribution in [0.25, 0.3) is 11.0 Å². The molecule has 1 aromatic carbocycles. The highest BCUT2D eigenvalue weighted by molar-refractivity contribution is 6.05. The van der Waals surface area contributed by atoms with Gasteiger partial charge in [-0.1, -0.05) is 13.3 Å². The van der Waals surface area contributed by atoms with Crippen molar-refractivity contribution >= 4 is 22.6 Å². The van der Waals surface area contributed by atoms with Crippen molar-refractivity contribution in [3.05, 3.63) is 41.5 Å². The van der Waals surface area contributed by atoms with E-state index in [4.69, 9.17) is 4.98 Å². The monoisotopic (exact) mass is 394 g/mol. The minimum atomic E-state index is -0.131. The number of rotatable bonds is 6. The van der Waals surface area contributed by atoms with Crippen LogP contribution < -0.4 is 5.32 Å². The predicted octanol–water partition coefficient (Wildman–Crippen LogP) is 3.73. The molecule has 0 saturated carbocycles. The molecule has 1 aliphatic rings. The summed E-state index contributed by atoms with van der Waals surface area (Å²) in [6, 6.07) is 5.93. The topological polar surface area (TPSA) is 68.0 Å². The Morgan fingerprint density at radius 1 is 1.21 bits per heavy atom. The van der Waals surface area contributed by atoms with Crippen LogP contribution in [0.1, 0.15) is 54.5 Å². The number of piperidine rings is 1. The minimum Gasteiger partial charge on any atom is -0.330 e.